The standard InChI is InChI=1S/C13H23N/c1-2-3-4-9-12-14-13-10-7-5-6-8-11-13/h1,13-14H,3-12H2. The Hall–Kier alpha value is -0.480. The third kappa shape index (κ3) is 5.29. The van der Waals surface area contributed by atoms with Crippen LogP contribution < -0.4 is 5.32 Å². The molecule has 0 unspecified atom stereocenters. The maximum absolute atomic E-state index is 5.20. The second-order valence-electron chi connectivity index (χ2n) is 4.30. The molecule has 80 valence electrons. The fourth-order valence-corrected chi connectivity index (χ4v) is 2.14. The zero-order chi connectivity index (χ0) is 10.1. The fourth-order valence-electron chi connectivity index (χ4n) is 2.14. The third-order valence-corrected chi connectivity index (χ3v) is 3.04. The number of terminal acetylenes is 1. The van der Waals surface area contributed by atoms with Crippen molar-refractivity contribution in [2.24, 2.45) is 0 Å². The van der Waals surface area contributed by atoms with Crippen molar-refractivity contribution in [2.45, 2.75) is 63.8 Å². The summed E-state index contributed by atoms with van der Waals surface area (Å²) < 4.78 is 0. The fraction of sp³-hybridized carbons (Fsp3) is 0.846. The second kappa shape index (κ2) is 7.88. The molecule has 1 nitrogen and oxygen atoms in total. The Kier molecular flexibility index (Phi) is 6.53. The minimum absolute atomic E-state index is 0.795. The van der Waals surface area contributed by atoms with E-state index in [4.69, 9.17) is 6.42 Å². The summed E-state index contributed by atoms with van der Waals surface area (Å²) in [6.45, 7) is 1.16. The van der Waals surface area contributed by atoms with Crippen LogP contribution in [0.15, 0.2) is 0 Å². The van der Waals surface area contributed by atoms with Gasteiger partial charge in [0.25, 0.3) is 0 Å². The quantitative estimate of drug-likeness (QED) is 0.402. The van der Waals surface area contributed by atoms with Gasteiger partial charge in [0.15, 0.2) is 0 Å². The van der Waals surface area contributed by atoms with Crippen LogP contribution in [0.5, 0.6) is 0 Å². The van der Waals surface area contributed by atoms with Gasteiger partial charge in [-0.05, 0) is 32.2 Å². The Morgan fingerprint density at radius 2 is 1.79 bits per heavy atom. The van der Waals surface area contributed by atoms with Gasteiger partial charge in [-0.25, -0.2) is 0 Å². The summed E-state index contributed by atoms with van der Waals surface area (Å²) in [5, 5.41) is 3.65. The first-order valence-electron chi connectivity index (χ1n) is 6.10. The molecule has 1 rings (SSSR count). The van der Waals surface area contributed by atoms with E-state index in [1.54, 1.807) is 0 Å². The highest BCUT2D eigenvalue weighted by atomic mass is 14.9. The summed E-state index contributed by atoms with van der Waals surface area (Å²) in [5.74, 6) is 2.69. The predicted molar refractivity (Wildman–Crippen MR) is 62.2 cm³/mol. The van der Waals surface area contributed by atoms with Crippen LogP contribution in [-0.2, 0) is 0 Å². The minimum atomic E-state index is 0.795. The van der Waals surface area contributed by atoms with Gasteiger partial charge >= 0.3 is 0 Å². The van der Waals surface area contributed by atoms with Crippen LogP contribution >= 0.6 is 0 Å². The van der Waals surface area contributed by atoms with E-state index in [9.17, 15) is 0 Å². The minimum Gasteiger partial charge on any atom is -0.314 e. The van der Waals surface area contributed by atoms with Crippen molar-refractivity contribution in [3.8, 4) is 12.3 Å². The molecule has 0 atom stereocenters. The van der Waals surface area contributed by atoms with Crippen molar-refractivity contribution < 1.29 is 0 Å². The molecule has 0 aromatic rings. The Morgan fingerprint density at radius 3 is 2.43 bits per heavy atom. The van der Waals surface area contributed by atoms with Crippen LogP contribution in [0.4, 0.5) is 0 Å². The van der Waals surface area contributed by atoms with E-state index in [0.29, 0.717) is 0 Å². The highest BCUT2D eigenvalue weighted by Crippen LogP contribution is 2.17. The van der Waals surface area contributed by atoms with Crippen LogP contribution in [0.3, 0.4) is 0 Å². The van der Waals surface area contributed by atoms with Crippen molar-refractivity contribution in [3.05, 3.63) is 0 Å². The summed E-state index contributed by atoms with van der Waals surface area (Å²) >= 11 is 0. The first-order chi connectivity index (χ1) is 6.93. The molecule has 1 N–H and O–H groups in total. The third-order valence-electron chi connectivity index (χ3n) is 3.04. The van der Waals surface area contributed by atoms with E-state index in [0.717, 1.165) is 19.0 Å². The van der Waals surface area contributed by atoms with Gasteiger partial charge in [-0.3, -0.25) is 0 Å². The monoisotopic (exact) mass is 193 g/mol. The lowest BCUT2D eigenvalue weighted by Crippen LogP contribution is -2.29. The lowest BCUT2D eigenvalue weighted by Gasteiger charge is -2.15. The molecule has 0 aromatic heterocycles. The van der Waals surface area contributed by atoms with Crippen molar-refractivity contribution >= 4 is 0 Å². The average molecular weight is 193 g/mol. The van der Waals surface area contributed by atoms with E-state index in [2.05, 4.69) is 11.2 Å². The molecule has 1 aliphatic rings. The van der Waals surface area contributed by atoms with Gasteiger partial charge in [-0.1, -0.05) is 25.7 Å². The Morgan fingerprint density at radius 1 is 1.07 bits per heavy atom. The Labute approximate surface area is 88.7 Å². The summed E-state index contributed by atoms with van der Waals surface area (Å²) in [4.78, 5) is 0. The molecule has 1 fully saturated rings. The zero-order valence-corrected chi connectivity index (χ0v) is 9.23. The highest BCUT2D eigenvalue weighted by molar-refractivity contribution is 4.83. The number of nitrogens with one attached hydrogen (secondary N) is 1. The largest absolute Gasteiger partial charge is 0.314 e. The van der Waals surface area contributed by atoms with Crippen molar-refractivity contribution in [1.29, 1.82) is 0 Å². The number of unbranched alkanes of at least 4 members (excludes halogenated alkanes) is 2. The molecule has 14 heavy (non-hydrogen) atoms. The molecule has 0 aliphatic heterocycles. The summed E-state index contributed by atoms with van der Waals surface area (Å²) in [6, 6.07) is 0.795. The molecular formula is C13H23N. The topological polar surface area (TPSA) is 12.0 Å². The molecule has 0 bridgehead atoms. The van der Waals surface area contributed by atoms with E-state index in [-0.39, 0.29) is 0 Å². The van der Waals surface area contributed by atoms with E-state index < -0.39 is 0 Å². The molecule has 0 spiro atoms. The van der Waals surface area contributed by atoms with Gasteiger partial charge in [0.2, 0.25) is 0 Å². The van der Waals surface area contributed by atoms with Crippen LogP contribution in [0.1, 0.15) is 57.8 Å². The van der Waals surface area contributed by atoms with Gasteiger partial charge in [0.1, 0.15) is 0 Å². The predicted octanol–water partition coefficient (Wildman–Crippen LogP) is 3.10. The Bertz CT molecular complexity index is 161. The van der Waals surface area contributed by atoms with Gasteiger partial charge in [0, 0.05) is 12.5 Å². The van der Waals surface area contributed by atoms with Crippen LogP contribution in [0, 0.1) is 12.3 Å². The first kappa shape index (κ1) is 11.6. The molecule has 1 saturated carbocycles. The normalized spacial score (nSPS) is 18.8. The second-order valence-corrected chi connectivity index (χ2v) is 4.30. The smallest absolute Gasteiger partial charge is 0.00865 e. The molecule has 0 aromatic carbocycles. The summed E-state index contributed by atoms with van der Waals surface area (Å²) in [5.41, 5.74) is 0. The van der Waals surface area contributed by atoms with Crippen molar-refractivity contribution in [1.82, 2.24) is 5.32 Å². The highest BCUT2D eigenvalue weighted by Gasteiger charge is 2.10. The molecule has 1 heteroatoms. The number of hydrogen-bond acceptors (Lipinski definition) is 1. The van der Waals surface area contributed by atoms with Gasteiger partial charge in [-0.2, -0.15) is 0 Å². The van der Waals surface area contributed by atoms with Gasteiger partial charge in [0.05, 0.1) is 0 Å². The maximum atomic E-state index is 5.20. The van der Waals surface area contributed by atoms with Gasteiger partial charge < -0.3 is 5.32 Å². The lowest BCUT2D eigenvalue weighted by atomic mass is 10.1. The lowest BCUT2D eigenvalue weighted by molar-refractivity contribution is 0.453. The van der Waals surface area contributed by atoms with E-state index >= 15 is 0 Å². The number of rotatable bonds is 5. The molecule has 1 aliphatic carbocycles. The molecule has 0 heterocycles. The summed E-state index contributed by atoms with van der Waals surface area (Å²) in [6.07, 6.45) is 17.0. The van der Waals surface area contributed by atoms with Crippen LogP contribution in [-0.4, -0.2) is 12.6 Å². The van der Waals surface area contributed by atoms with Crippen molar-refractivity contribution in [2.75, 3.05) is 6.54 Å². The number of hydrogen-bond donors (Lipinski definition) is 1. The molecule has 0 amide bonds. The average Bonchev–Trinajstić information content (AvgIpc) is 2.46. The zero-order valence-electron chi connectivity index (χ0n) is 9.23. The van der Waals surface area contributed by atoms with Crippen LogP contribution in [0.25, 0.3) is 0 Å². The van der Waals surface area contributed by atoms with Crippen LogP contribution in [0.2, 0.25) is 0 Å². The SMILES string of the molecule is C#CCCCCNC1CCCCCC1. The van der Waals surface area contributed by atoms with Crippen molar-refractivity contribution in [3.63, 3.8) is 0 Å². The Balaban J connectivity index is 1.96. The van der Waals surface area contributed by atoms with E-state index in [1.807, 2.05) is 0 Å². The van der Waals surface area contributed by atoms with E-state index in [1.165, 1.54) is 51.4 Å². The molecule has 0 saturated heterocycles. The first-order valence-corrected chi connectivity index (χ1v) is 6.10. The van der Waals surface area contributed by atoms with Gasteiger partial charge in [-0.15, -0.1) is 12.3 Å². The molecule has 0 radical (unpaired) electrons. The maximum Gasteiger partial charge on any atom is 0.00865 e. The summed E-state index contributed by atoms with van der Waals surface area (Å²) in [7, 11) is 0. The molecular weight excluding hydrogens is 170 g/mol.